The molecule has 0 saturated carbocycles. The van der Waals surface area contributed by atoms with Crippen LogP contribution >= 0.6 is 15.9 Å². The van der Waals surface area contributed by atoms with Gasteiger partial charge in [-0.15, -0.1) is 0 Å². The molecule has 0 bridgehead atoms. The van der Waals surface area contributed by atoms with Crippen molar-refractivity contribution in [3.05, 3.63) is 88.8 Å². The zero-order chi connectivity index (χ0) is 18.4. The third-order valence-corrected chi connectivity index (χ3v) is 4.23. The minimum Gasteiger partial charge on any atom is -0.459 e. The van der Waals surface area contributed by atoms with Crippen molar-refractivity contribution in [2.45, 2.75) is 12.5 Å². The molecule has 3 rings (SSSR count). The number of nitrogens with one attached hydrogen (secondary N) is 2. The van der Waals surface area contributed by atoms with Gasteiger partial charge in [-0.2, -0.15) is 0 Å². The highest BCUT2D eigenvalue weighted by Gasteiger charge is 2.23. The van der Waals surface area contributed by atoms with Crippen molar-refractivity contribution >= 4 is 33.4 Å². The van der Waals surface area contributed by atoms with Gasteiger partial charge in [-0.25, -0.2) is 0 Å². The van der Waals surface area contributed by atoms with Gasteiger partial charge < -0.3 is 15.1 Å². The van der Waals surface area contributed by atoms with Gasteiger partial charge in [0.05, 0.1) is 6.26 Å². The van der Waals surface area contributed by atoms with E-state index in [9.17, 15) is 9.59 Å². The van der Waals surface area contributed by atoms with E-state index < -0.39 is 11.9 Å². The van der Waals surface area contributed by atoms with E-state index in [2.05, 4.69) is 26.6 Å². The number of anilines is 1. The molecule has 3 aromatic rings. The summed E-state index contributed by atoms with van der Waals surface area (Å²) in [6.07, 6.45) is 1.79. The summed E-state index contributed by atoms with van der Waals surface area (Å²) >= 11 is 3.38. The molecule has 6 heteroatoms. The maximum absolute atomic E-state index is 12.8. The van der Waals surface area contributed by atoms with Gasteiger partial charge >= 0.3 is 0 Å². The number of carbonyl (C=O) groups excluding carboxylic acids is 2. The summed E-state index contributed by atoms with van der Waals surface area (Å²) in [5.74, 6) is -0.564. The summed E-state index contributed by atoms with van der Waals surface area (Å²) < 4.78 is 5.97. The summed E-state index contributed by atoms with van der Waals surface area (Å²) in [7, 11) is 0. The normalized spacial score (nSPS) is 11.6. The lowest BCUT2D eigenvalue weighted by molar-refractivity contribution is -0.118. The Hall–Kier alpha value is -2.86. The Balaban J connectivity index is 1.77. The second-order valence-electron chi connectivity index (χ2n) is 5.69. The number of halogens is 1. The van der Waals surface area contributed by atoms with E-state index in [4.69, 9.17) is 4.42 Å². The molecule has 0 radical (unpaired) electrons. The average molecular weight is 413 g/mol. The number of carbonyl (C=O) groups is 2. The van der Waals surface area contributed by atoms with Gasteiger partial charge in [0.2, 0.25) is 5.91 Å². The molecule has 0 fully saturated rings. The van der Waals surface area contributed by atoms with E-state index in [0.717, 1.165) is 10.0 Å². The van der Waals surface area contributed by atoms with E-state index >= 15 is 0 Å². The van der Waals surface area contributed by atoms with Crippen molar-refractivity contribution in [1.82, 2.24) is 5.32 Å². The van der Waals surface area contributed by atoms with Crippen LogP contribution in [0, 0.1) is 0 Å². The predicted molar refractivity (Wildman–Crippen MR) is 103 cm³/mol. The maximum atomic E-state index is 12.8. The second kappa shape index (κ2) is 8.49. The van der Waals surface area contributed by atoms with Crippen LogP contribution in [-0.4, -0.2) is 17.9 Å². The molecule has 0 aliphatic carbocycles. The van der Waals surface area contributed by atoms with Crippen molar-refractivity contribution in [2.24, 2.45) is 0 Å². The summed E-state index contributed by atoms with van der Waals surface area (Å²) in [6.45, 7) is 0. The van der Waals surface area contributed by atoms with Crippen LogP contribution in [0.15, 0.2) is 81.9 Å². The number of amides is 2. The van der Waals surface area contributed by atoms with E-state index in [1.54, 1.807) is 24.3 Å². The molecule has 0 aliphatic heterocycles. The lowest BCUT2D eigenvalue weighted by atomic mass is 10.0. The second-order valence-corrected chi connectivity index (χ2v) is 6.61. The Kier molecular flexibility index (Phi) is 5.86. The van der Waals surface area contributed by atoms with Crippen molar-refractivity contribution in [2.75, 3.05) is 5.32 Å². The highest BCUT2D eigenvalue weighted by Crippen LogP contribution is 2.16. The van der Waals surface area contributed by atoms with Gasteiger partial charge in [-0.05, 0) is 35.9 Å². The molecular weight excluding hydrogens is 396 g/mol. The van der Waals surface area contributed by atoms with Gasteiger partial charge in [0.15, 0.2) is 5.76 Å². The fraction of sp³-hybridized carbons (Fsp3) is 0.100. The Morgan fingerprint density at radius 2 is 1.81 bits per heavy atom. The first-order chi connectivity index (χ1) is 12.6. The third-order valence-electron chi connectivity index (χ3n) is 3.74. The third kappa shape index (κ3) is 4.83. The zero-order valence-electron chi connectivity index (χ0n) is 13.8. The fourth-order valence-corrected chi connectivity index (χ4v) is 2.89. The number of furan rings is 1. The van der Waals surface area contributed by atoms with Crippen LogP contribution in [0.3, 0.4) is 0 Å². The fourth-order valence-electron chi connectivity index (χ4n) is 2.49. The van der Waals surface area contributed by atoms with E-state index in [1.807, 2.05) is 42.5 Å². The van der Waals surface area contributed by atoms with E-state index in [-0.39, 0.29) is 11.7 Å². The van der Waals surface area contributed by atoms with Gasteiger partial charge in [0, 0.05) is 16.6 Å². The molecule has 0 saturated heterocycles. The maximum Gasteiger partial charge on any atom is 0.287 e. The SMILES string of the molecule is O=C(NC(Cc1ccccc1)C(=O)Nc1cccc(Br)c1)c1ccco1. The van der Waals surface area contributed by atoms with Crippen LogP contribution in [0.4, 0.5) is 5.69 Å². The van der Waals surface area contributed by atoms with Gasteiger partial charge in [0.1, 0.15) is 6.04 Å². The quantitative estimate of drug-likeness (QED) is 0.641. The predicted octanol–water partition coefficient (Wildman–Crippen LogP) is 4.02. The van der Waals surface area contributed by atoms with Gasteiger partial charge in [0.25, 0.3) is 5.91 Å². The number of hydrogen-bond acceptors (Lipinski definition) is 3. The molecule has 0 spiro atoms. The highest BCUT2D eigenvalue weighted by atomic mass is 79.9. The summed E-state index contributed by atoms with van der Waals surface area (Å²) in [5, 5.41) is 5.59. The lowest BCUT2D eigenvalue weighted by Crippen LogP contribution is -2.45. The molecule has 26 heavy (non-hydrogen) atoms. The van der Waals surface area contributed by atoms with E-state index in [1.165, 1.54) is 6.26 Å². The molecule has 1 atom stereocenters. The van der Waals surface area contributed by atoms with Crippen LogP contribution in [0.5, 0.6) is 0 Å². The van der Waals surface area contributed by atoms with E-state index in [0.29, 0.717) is 12.1 Å². The van der Waals surface area contributed by atoms with Crippen molar-refractivity contribution in [3.8, 4) is 0 Å². The first-order valence-corrected chi connectivity index (χ1v) is 8.86. The van der Waals surface area contributed by atoms with Crippen molar-refractivity contribution in [1.29, 1.82) is 0 Å². The van der Waals surface area contributed by atoms with Crippen LogP contribution in [0.1, 0.15) is 16.1 Å². The summed E-state index contributed by atoms with van der Waals surface area (Å²) in [4.78, 5) is 25.1. The Morgan fingerprint density at radius 3 is 2.50 bits per heavy atom. The molecule has 1 unspecified atom stereocenters. The van der Waals surface area contributed by atoms with Crippen LogP contribution in [0.2, 0.25) is 0 Å². The lowest BCUT2D eigenvalue weighted by Gasteiger charge is -2.18. The summed E-state index contributed by atoms with van der Waals surface area (Å²) in [6, 6.07) is 19.3. The van der Waals surface area contributed by atoms with Crippen LogP contribution < -0.4 is 10.6 Å². The largest absolute Gasteiger partial charge is 0.459 e. The number of hydrogen-bond donors (Lipinski definition) is 2. The van der Waals surface area contributed by atoms with Crippen molar-refractivity contribution < 1.29 is 14.0 Å². The summed E-state index contributed by atoms with van der Waals surface area (Å²) in [5.41, 5.74) is 1.59. The van der Waals surface area contributed by atoms with Crippen LogP contribution in [0.25, 0.3) is 0 Å². The smallest absolute Gasteiger partial charge is 0.287 e. The molecule has 1 heterocycles. The Morgan fingerprint density at radius 1 is 1.00 bits per heavy atom. The minimum atomic E-state index is -0.742. The number of benzene rings is 2. The molecule has 2 N–H and O–H groups in total. The average Bonchev–Trinajstić information content (AvgIpc) is 3.17. The standard InChI is InChI=1S/C20H17BrN2O3/c21-15-8-4-9-16(13-15)22-19(24)17(12-14-6-2-1-3-7-14)23-20(25)18-10-5-11-26-18/h1-11,13,17H,12H2,(H,22,24)(H,23,25). The Labute approximate surface area is 159 Å². The topological polar surface area (TPSA) is 71.3 Å². The Bertz CT molecular complexity index is 879. The van der Waals surface area contributed by atoms with Crippen molar-refractivity contribution in [3.63, 3.8) is 0 Å². The van der Waals surface area contributed by atoms with Crippen LogP contribution in [-0.2, 0) is 11.2 Å². The molecule has 5 nitrogen and oxygen atoms in total. The highest BCUT2D eigenvalue weighted by molar-refractivity contribution is 9.10. The molecular formula is C20H17BrN2O3. The molecule has 1 aromatic heterocycles. The number of rotatable bonds is 6. The first kappa shape index (κ1) is 17.9. The zero-order valence-corrected chi connectivity index (χ0v) is 15.4. The molecule has 132 valence electrons. The molecule has 2 aromatic carbocycles. The monoisotopic (exact) mass is 412 g/mol. The minimum absolute atomic E-state index is 0.165. The molecule has 2 amide bonds. The molecule has 0 aliphatic rings. The first-order valence-electron chi connectivity index (χ1n) is 8.06. The van der Waals surface area contributed by atoms with Gasteiger partial charge in [-0.1, -0.05) is 52.3 Å². The van der Waals surface area contributed by atoms with Gasteiger partial charge in [-0.3, -0.25) is 9.59 Å².